The summed E-state index contributed by atoms with van der Waals surface area (Å²) in [6, 6.07) is 19.8. The van der Waals surface area contributed by atoms with Gasteiger partial charge in [0.1, 0.15) is 5.69 Å². The van der Waals surface area contributed by atoms with Crippen LogP contribution in [0.1, 0.15) is 28.5 Å². The van der Waals surface area contributed by atoms with Crippen LogP contribution in [-0.4, -0.2) is 10.8 Å². The number of benzene rings is 2. The molecule has 2 heteroatoms. The van der Waals surface area contributed by atoms with E-state index < -0.39 is 0 Å². The van der Waals surface area contributed by atoms with E-state index >= 15 is 0 Å². The number of Topliss-reactive ketones (excluding diaryl/α,β-unsaturated/α-hetero) is 1. The number of carbonyl (C=O) groups excluding carboxylic acids is 1. The number of para-hydroxylation sites is 1. The molecule has 1 aromatic heterocycles. The number of aryl methyl sites for hydroxylation is 1. The third-order valence-electron chi connectivity index (χ3n) is 3.68. The molecule has 0 aliphatic rings. The maximum atomic E-state index is 12.3. The molecule has 0 unspecified atom stereocenters. The summed E-state index contributed by atoms with van der Waals surface area (Å²) in [5, 5.41) is 1.06. The van der Waals surface area contributed by atoms with E-state index in [1.54, 1.807) is 0 Å². The lowest BCUT2D eigenvalue weighted by Crippen LogP contribution is -2.06. The van der Waals surface area contributed by atoms with E-state index in [0.717, 1.165) is 22.9 Å². The van der Waals surface area contributed by atoms with E-state index in [9.17, 15) is 4.79 Å². The van der Waals surface area contributed by atoms with Crippen LogP contribution in [0.5, 0.6) is 0 Å². The highest BCUT2D eigenvalue weighted by Crippen LogP contribution is 2.14. The molecule has 0 atom stereocenters. The first-order chi connectivity index (χ1) is 10.3. The maximum absolute atomic E-state index is 12.3. The van der Waals surface area contributed by atoms with E-state index in [2.05, 4.69) is 24.0 Å². The van der Waals surface area contributed by atoms with Crippen LogP contribution >= 0.6 is 0 Å². The lowest BCUT2D eigenvalue weighted by Gasteiger charge is -2.04. The standard InChI is InChI=1S/C19H17NO/c1-2-14-7-9-15(10-8-14)13-19(21)18-12-11-16-5-3-4-6-17(16)20-18/h3-12H,2,13H2,1H3. The Labute approximate surface area is 124 Å². The average Bonchev–Trinajstić information content (AvgIpc) is 2.55. The molecule has 0 saturated heterocycles. The molecule has 0 aliphatic heterocycles. The van der Waals surface area contributed by atoms with Gasteiger partial charge in [0.25, 0.3) is 0 Å². The average molecular weight is 275 g/mol. The van der Waals surface area contributed by atoms with Gasteiger partial charge >= 0.3 is 0 Å². The molecule has 0 N–H and O–H groups in total. The van der Waals surface area contributed by atoms with Gasteiger partial charge in [0, 0.05) is 11.8 Å². The van der Waals surface area contributed by atoms with Crippen LogP contribution in [0.4, 0.5) is 0 Å². The number of nitrogens with zero attached hydrogens (tertiary/aromatic N) is 1. The molecule has 0 radical (unpaired) electrons. The Morgan fingerprint density at radius 1 is 0.905 bits per heavy atom. The van der Waals surface area contributed by atoms with Crippen LogP contribution in [-0.2, 0) is 12.8 Å². The Kier molecular flexibility index (Phi) is 3.78. The molecule has 0 aliphatic carbocycles. The van der Waals surface area contributed by atoms with Gasteiger partial charge < -0.3 is 0 Å². The van der Waals surface area contributed by atoms with Gasteiger partial charge in [-0.05, 0) is 29.7 Å². The van der Waals surface area contributed by atoms with Crippen molar-refractivity contribution >= 4 is 16.7 Å². The second-order valence-electron chi connectivity index (χ2n) is 5.16. The summed E-state index contributed by atoms with van der Waals surface area (Å²) in [6.07, 6.45) is 1.41. The minimum absolute atomic E-state index is 0.0602. The quantitative estimate of drug-likeness (QED) is 0.667. The summed E-state index contributed by atoms with van der Waals surface area (Å²) in [7, 11) is 0. The monoisotopic (exact) mass is 275 g/mol. The highest BCUT2D eigenvalue weighted by molar-refractivity contribution is 5.97. The van der Waals surface area contributed by atoms with E-state index in [1.807, 2.05) is 48.5 Å². The number of fused-ring (bicyclic) bond motifs is 1. The molecular weight excluding hydrogens is 258 g/mol. The molecule has 0 spiro atoms. The van der Waals surface area contributed by atoms with Gasteiger partial charge in [-0.3, -0.25) is 4.79 Å². The summed E-state index contributed by atoms with van der Waals surface area (Å²) in [5.74, 6) is 0.0602. The number of hydrogen-bond acceptors (Lipinski definition) is 2. The third-order valence-corrected chi connectivity index (χ3v) is 3.68. The van der Waals surface area contributed by atoms with E-state index in [-0.39, 0.29) is 5.78 Å². The summed E-state index contributed by atoms with van der Waals surface area (Å²) in [6.45, 7) is 2.12. The van der Waals surface area contributed by atoms with Crippen molar-refractivity contribution in [2.24, 2.45) is 0 Å². The number of pyridine rings is 1. The van der Waals surface area contributed by atoms with E-state index in [1.165, 1.54) is 5.56 Å². The lowest BCUT2D eigenvalue weighted by molar-refractivity contribution is 0.0988. The van der Waals surface area contributed by atoms with Crippen LogP contribution in [0, 0.1) is 0 Å². The van der Waals surface area contributed by atoms with Gasteiger partial charge in [-0.25, -0.2) is 4.98 Å². The zero-order valence-corrected chi connectivity index (χ0v) is 12.0. The molecule has 0 bridgehead atoms. The number of carbonyl (C=O) groups is 1. The highest BCUT2D eigenvalue weighted by atomic mass is 16.1. The zero-order valence-electron chi connectivity index (χ0n) is 12.0. The largest absolute Gasteiger partial charge is 0.292 e. The normalized spacial score (nSPS) is 10.7. The summed E-state index contributed by atoms with van der Waals surface area (Å²) < 4.78 is 0. The molecule has 3 aromatic rings. The van der Waals surface area contributed by atoms with Crippen LogP contribution < -0.4 is 0 Å². The Balaban J connectivity index is 1.82. The Morgan fingerprint density at radius 2 is 1.62 bits per heavy atom. The van der Waals surface area contributed by atoms with Crippen molar-refractivity contribution in [3.05, 3.63) is 77.5 Å². The summed E-state index contributed by atoms with van der Waals surface area (Å²) in [5.41, 5.74) is 3.72. The maximum Gasteiger partial charge on any atom is 0.185 e. The van der Waals surface area contributed by atoms with Crippen molar-refractivity contribution in [2.75, 3.05) is 0 Å². The second-order valence-corrected chi connectivity index (χ2v) is 5.16. The molecule has 2 aromatic carbocycles. The number of hydrogen-bond donors (Lipinski definition) is 0. The van der Waals surface area contributed by atoms with Gasteiger partial charge in [0.2, 0.25) is 0 Å². The lowest BCUT2D eigenvalue weighted by atomic mass is 10.0. The van der Waals surface area contributed by atoms with Crippen molar-refractivity contribution in [3.8, 4) is 0 Å². The minimum Gasteiger partial charge on any atom is -0.292 e. The first-order valence-corrected chi connectivity index (χ1v) is 7.23. The van der Waals surface area contributed by atoms with Crippen molar-refractivity contribution in [3.63, 3.8) is 0 Å². The molecule has 0 amide bonds. The SMILES string of the molecule is CCc1ccc(CC(=O)c2ccc3ccccc3n2)cc1. The third kappa shape index (κ3) is 3.00. The predicted octanol–water partition coefficient (Wildman–Crippen LogP) is 4.22. The van der Waals surface area contributed by atoms with Gasteiger partial charge in [-0.2, -0.15) is 0 Å². The van der Waals surface area contributed by atoms with Gasteiger partial charge in [-0.1, -0.05) is 55.5 Å². The first kappa shape index (κ1) is 13.5. The predicted molar refractivity (Wildman–Crippen MR) is 85.6 cm³/mol. The highest BCUT2D eigenvalue weighted by Gasteiger charge is 2.09. The molecule has 2 nitrogen and oxygen atoms in total. The molecule has 1 heterocycles. The van der Waals surface area contributed by atoms with Crippen LogP contribution in [0.15, 0.2) is 60.7 Å². The van der Waals surface area contributed by atoms with Gasteiger partial charge in [-0.15, -0.1) is 0 Å². The van der Waals surface area contributed by atoms with Crippen LogP contribution in [0.25, 0.3) is 10.9 Å². The topological polar surface area (TPSA) is 30.0 Å². The van der Waals surface area contributed by atoms with Gasteiger partial charge in [0.05, 0.1) is 5.52 Å². The molecule has 104 valence electrons. The van der Waals surface area contributed by atoms with Gasteiger partial charge in [0.15, 0.2) is 5.78 Å². The fraction of sp³-hybridized carbons (Fsp3) is 0.158. The Hall–Kier alpha value is -2.48. The van der Waals surface area contributed by atoms with Crippen molar-refractivity contribution in [2.45, 2.75) is 19.8 Å². The molecule has 0 fully saturated rings. The van der Waals surface area contributed by atoms with Crippen LogP contribution in [0.3, 0.4) is 0 Å². The van der Waals surface area contributed by atoms with Crippen LogP contribution in [0.2, 0.25) is 0 Å². The molecule has 0 saturated carbocycles. The molecule has 3 rings (SSSR count). The minimum atomic E-state index is 0.0602. The summed E-state index contributed by atoms with van der Waals surface area (Å²) >= 11 is 0. The summed E-state index contributed by atoms with van der Waals surface area (Å²) in [4.78, 5) is 16.8. The van der Waals surface area contributed by atoms with E-state index in [0.29, 0.717) is 12.1 Å². The first-order valence-electron chi connectivity index (χ1n) is 7.23. The zero-order chi connectivity index (χ0) is 14.7. The molecular formula is C19H17NO. The van der Waals surface area contributed by atoms with Crippen molar-refractivity contribution < 1.29 is 4.79 Å². The number of aromatic nitrogens is 1. The molecule has 21 heavy (non-hydrogen) atoms. The smallest absolute Gasteiger partial charge is 0.185 e. The Bertz CT molecular complexity index is 775. The van der Waals surface area contributed by atoms with Crippen molar-refractivity contribution in [1.82, 2.24) is 4.98 Å². The fourth-order valence-corrected chi connectivity index (χ4v) is 2.39. The second kappa shape index (κ2) is 5.88. The Morgan fingerprint density at radius 3 is 2.38 bits per heavy atom. The van der Waals surface area contributed by atoms with Crippen molar-refractivity contribution in [1.29, 1.82) is 0 Å². The fourth-order valence-electron chi connectivity index (χ4n) is 2.39. The number of rotatable bonds is 4. The number of ketones is 1. The van der Waals surface area contributed by atoms with E-state index in [4.69, 9.17) is 0 Å².